The number of nitrogens with two attached hydrogens (primary N) is 1. The fourth-order valence-corrected chi connectivity index (χ4v) is 3.69. The first kappa shape index (κ1) is 23.9. The Bertz CT molecular complexity index is 802. The van der Waals surface area contributed by atoms with Crippen molar-refractivity contribution in [1.29, 1.82) is 0 Å². The van der Waals surface area contributed by atoms with Crippen molar-refractivity contribution in [2.24, 2.45) is 0 Å². The molecule has 0 spiro atoms. The molecule has 1 aromatic carbocycles. The van der Waals surface area contributed by atoms with Crippen molar-refractivity contribution in [2.75, 3.05) is 30.7 Å². The number of nitrogens with one attached hydrogen (secondary N) is 1. The molecule has 0 saturated heterocycles. The van der Waals surface area contributed by atoms with Gasteiger partial charge in [-0.2, -0.15) is 4.98 Å². The van der Waals surface area contributed by atoms with Crippen LogP contribution in [0.5, 0.6) is 5.75 Å². The van der Waals surface area contributed by atoms with E-state index in [4.69, 9.17) is 5.73 Å². The highest BCUT2D eigenvalue weighted by Crippen LogP contribution is 2.28. The lowest BCUT2D eigenvalue weighted by Crippen LogP contribution is -2.23. The SMILES string of the molecule is CCC[C@@H](CCO)Nc1nc(N)nc(C)c1Cc1ccc(CN(CC)CC)cc1O. The number of aromatic nitrogens is 2. The molecule has 0 aliphatic carbocycles. The van der Waals surface area contributed by atoms with Gasteiger partial charge in [0.25, 0.3) is 0 Å². The molecule has 1 heterocycles. The van der Waals surface area contributed by atoms with Crippen LogP contribution in [-0.2, 0) is 13.0 Å². The molecule has 1 aromatic heterocycles. The van der Waals surface area contributed by atoms with E-state index < -0.39 is 0 Å². The van der Waals surface area contributed by atoms with Crippen LogP contribution in [0.3, 0.4) is 0 Å². The number of benzene rings is 1. The zero-order valence-corrected chi connectivity index (χ0v) is 18.8. The summed E-state index contributed by atoms with van der Waals surface area (Å²) in [5.74, 6) is 1.18. The number of phenols is 1. The minimum Gasteiger partial charge on any atom is -0.508 e. The Kier molecular flexibility index (Phi) is 9.33. The number of phenolic OH excluding ortho intramolecular Hbond substituents is 1. The van der Waals surface area contributed by atoms with Crippen LogP contribution in [0.15, 0.2) is 18.2 Å². The molecular formula is C23H37N5O2. The summed E-state index contributed by atoms with van der Waals surface area (Å²) in [7, 11) is 0. The Morgan fingerprint density at radius 2 is 1.87 bits per heavy atom. The van der Waals surface area contributed by atoms with Gasteiger partial charge in [-0.15, -0.1) is 0 Å². The molecule has 166 valence electrons. The summed E-state index contributed by atoms with van der Waals surface area (Å²) in [6.07, 6.45) is 3.07. The van der Waals surface area contributed by atoms with E-state index in [-0.39, 0.29) is 24.3 Å². The Morgan fingerprint density at radius 3 is 2.47 bits per heavy atom. The van der Waals surface area contributed by atoms with Crippen LogP contribution in [-0.4, -0.2) is 50.8 Å². The van der Waals surface area contributed by atoms with Gasteiger partial charge < -0.3 is 21.3 Å². The Balaban J connectivity index is 2.29. The predicted molar refractivity (Wildman–Crippen MR) is 123 cm³/mol. The molecule has 0 unspecified atom stereocenters. The highest BCUT2D eigenvalue weighted by Gasteiger charge is 2.17. The van der Waals surface area contributed by atoms with Crippen LogP contribution in [0.4, 0.5) is 11.8 Å². The van der Waals surface area contributed by atoms with Crippen molar-refractivity contribution in [2.45, 2.75) is 66.0 Å². The lowest BCUT2D eigenvalue weighted by molar-refractivity contribution is 0.276. The smallest absolute Gasteiger partial charge is 0.222 e. The van der Waals surface area contributed by atoms with Crippen molar-refractivity contribution >= 4 is 11.8 Å². The molecule has 0 bridgehead atoms. The van der Waals surface area contributed by atoms with Crippen molar-refractivity contribution in [1.82, 2.24) is 14.9 Å². The Hall–Kier alpha value is -2.38. The van der Waals surface area contributed by atoms with Gasteiger partial charge in [0, 0.05) is 36.9 Å². The minimum atomic E-state index is 0.109. The van der Waals surface area contributed by atoms with Gasteiger partial charge >= 0.3 is 0 Å². The number of nitrogen functional groups attached to an aromatic ring is 1. The minimum absolute atomic E-state index is 0.109. The van der Waals surface area contributed by atoms with E-state index in [1.165, 1.54) is 0 Å². The number of anilines is 2. The summed E-state index contributed by atoms with van der Waals surface area (Å²) in [6, 6.07) is 6.00. The molecular weight excluding hydrogens is 378 g/mol. The van der Waals surface area contributed by atoms with Crippen LogP contribution in [0.25, 0.3) is 0 Å². The number of rotatable bonds is 12. The predicted octanol–water partition coefficient (Wildman–Crippen LogP) is 3.47. The average Bonchev–Trinajstić information content (AvgIpc) is 2.70. The van der Waals surface area contributed by atoms with Gasteiger partial charge in [0.15, 0.2) is 0 Å². The number of aromatic hydroxyl groups is 1. The molecule has 5 N–H and O–H groups in total. The molecule has 0 aliphatic rings. The largest absolute Gasteiger partial charge is 0.508 e. The lowest BCUT2D eigenvalue weighted by Gasteiger charge is -2.21. The number of aliphatic hydroxyl groups is 1. The second-order valence-corrected chi connectivity index (χ2v) is 7.74. The first-order chi connectivity index (χ1) is 14.4. The summed E-state index contributed by atoms with van der Waals surface area (Å²) < 4.78 is 0. The second-order valence-electron chi connectivity index (χ2n) is 7.74. The lowest BCUT2D eigenvalue weighted by atomic mass is 10.0. The van der Waals surface area contributed by atoms with Crippen molar-refractivity contribution in [3.05, 3.63) is 40.6 Å². The standard InChI is InChI=1S/C23H37N5O2/c1-5-8-19(11-12-29)26-22-20(16(4)25-23(24)27-22)14-18-10-9-17(13-21(18)30)15-28(6-2)7-3/h9-10,13,19,29-30H,5-8,11-12,14-15H2,1-4H3,(H3,24,25,26,27)/t19-/m0/s1. The maximum Gasteiger partial charge on any atom is 0.222 e. The third-order valence-corrected chi connectivity index (χ3v) is 5.50. The number of hydrogen-bond acceptors (Lipinski definition) is 7. The van der Waals surface area contributed by atoms with E-state index in [2.05, 4.69) is 47.0 Å². The van der Waals surface area contributed by atoms with E-state index in [1.807, 2.05) is 19.1 Å². The van der Waals surface area contributed by atoms with Crippen LogP contribution < -0.4 is 11.1 Å². The number of nitrogens with zero attached hydrogens (tertiary/aromatic N) is 3. The maximum absolute atomic E-state index is 10.7. The Morgan fingerprint density at radius 1 is 1.13 bits per heavy atom. The van der Waals surface area contributed by atoms with Gasteiger partial charge in [-0.1, -0.05) is 39.3 Å². The highest BCUT2D eigenvalue weighted by molar-refractivity contribution is 5.53. The molecule has 1 atom stereocenters. The molecule has 30 heavy (non-hydrogen) atoms. The van der Waals surface area contributed by atoms with Gasteiger partial charge in [-0.3, -0.25) is 4.90 Å². The van der Waals surface area contributed by atoms with E-state index in [0.717, 1.165) is 54.9 Å². The number of aryl methyl sites for hydroxylation is 1. The fraction of sp³-hybridized carbons (Fsp3) is 0.565. The van der Waals surface area contributed by atoms with Crippen molar-refractivity contribution in [3.63, 3.8) is 0 Å². The molecule has 0 saturated carbocycles. The van der Waals surface area contributed by atoms with Crippen LogP contribution in [0.1, 0.15) is 62.4 Å². The van der Waals surface area contributed by atoms with Crippen molar-refractivity contribution in [3.8, 4) is 5.75 Å². The molecule has 0 amide bonds. The van der Waals surface area contributed by atoms with Gasteiger partial charge in [0.1, 0.15) is 11.6 Å². The average molecular weight is 416 g/mol. The summed E-state index contributed by atoms with van der Waals surface area (Å²) in [6.45, 7) is 11.2. The first-order valence-corrected chi connectivity index (χ1v) is 10.9. The third kappa shape index (κ3) is 6.57. The van der Waals surface area contributed by atoms with Crippen molar-refractivity contribution < 1.29 is 10.2 Å². The van der Waals surface area contributed by atoms with E-state index in [9.17, 15) is 10.2 Å². The third-order valence-electron chi connectivity index (χ3n) is 5.50. The topological polar surface area (TPSA) is 108 Å². The molecule has 0 fully saturated rings. The van der Waals surface area contributed by atoms with Crippen LogP contribution in [0.2, 0.25) is 0 Å². The monoisotopic (exact) mass is 415 g/mol. The van der Waals surface area contributed by atoms with Gasteiger partial charge in [0.2, 0.25) is 5.95 Å². The zero-order valence-electron chi connectivity index (χ0n) is 18.8. The molecule has 2 rings (SSSR count). The van der Waals surface area contributed by atoms with Gasteiger partial charge in [-0.05, 0) is 50.0 Å². The number of aliphatic hydroxyl groups excluding tert-OH is 1. The summed E-state index contributed by atoms with van der Waals surface area (Å²) >= 11 is 0. The summed E-state index contributed by atoms with van der Waals surface area (Å²) in [5, 5.41) is 23.5. The zero-order chi connectivity index (χ0) is 22.1. The molecule has 0 aliphatic heterocycles. The van der Waals surface area contributed by atoms with Crippen LogP contribution >= 0.6 is 0 Å². The molecule has 7 nitrogen and oxygen atoms in total. The molecule has 7 heteroatoms. The summed E-state index contributed by atoms with van der Waals surface area (Å²) in [5.41, 5.74) is 9.52. The fourth-order valence-electron chi connectivity index (χ4n) is 3.69. The van der Waals surface area contributed by atoms with Gasteiger partial charge in [-0.25, -0.2) is 4.98 Å². The first-order valence-electron chi connectivity index (χ1n) is 10.9. The van der Waals surface area contributed by atoms with E-state index in [1.54, 1.807) is 0 Å². The van der Waals surface area contributed by atoms with E-state index >= 15 is 0 Å². The molecule has 2 aromatic rings. The normalized spacial score (nSPS) is 12.3. The van der Waals surface area contributed by atoms with Crippen LogP contribution in [0, 0.1) is 6.92 Å². The van der Waals surface area contributed by atoms with Gasteiger partial charge in [0.05, 0.1) is 0 Å². The second kappa shape index (κ2) is 11.7. The quantitative estimate of drug-likeness (QED) is 0.420. The Labute approximate surface area is 180 Å². The molecule has 0 radical (unpaired) electrons. The maximum atomic E-state index is 10.7. The van der Waals surface area contributed by atoms with E-state index in [0.29, 0.717) is 18.7 Å². The number of hydrogen-bond donors (Lipinski definition) is 4. The summed E-state index contributed by atoms with van der Waals surface area (Å²) in [4.78, 5) is 11.1. The highest BCUT2D eigenvalue weighted by atomic mass is 16.3.